The zero-order valence-corrected chi connectivity index (χ0v) is 21.5. The van der Waals surface area contributed by atoms with E-state index in [1.165, 1.54) is 0 Å². The second kappa shape index (κ2) is 13.1. The van der Waals surface area contributed by atoms with Gasteiger partial charge in [0.1, 0.15) is 0 Å². The standard InChI is InChI=1S/C26H48N4/c1-11-23(25(17-27,13-19(3)4)14-20(5)6)29-30-24(12-2)26(18-28,15-21(7)8)16-22(9)10/h19-24H,11-16H2,1-10H3. The summed E-state index contributed by atoms with van der Waals surface area (Å²) in [4.78, 5) is 0. The van der Waals surface area contributed by atoms with Crippen molar-refractivity contribution in [2.45, 2.75) is 120 Å². The molecule has 0 heterocycles. The van der Waals surface area contributed by atoms with E-state index in [1.807, 2.05) is 0 Å². The molecule has 0 aromatic rings. The Hall–Kier alpha value is -1.42. The van der Waals surface area contributed by atoms with E-state index < -0.39 is 10.8 Å². The van der Waals surface area contributed by atoms with Gasteiger partial charge in [-0.2, -0.15) is 20.8 Å². The molecule has 0 aliphatic carbocycles. The molecule has 172 valence electrons. The zero-order chi connectivity index (χ0) is 23.5. The minimum Gasteiger partial charge on any atom is -0.198 e. The molecule has 0 fully saturated rings. The maximum Gasteiger partial charge on any atom is 0.0891 e. The first-order chi connectivity index (χ1) is 13.9. The second-order valence-corrected chi connectivity index (χ2v) is 11.0. The fourth-order valence-electron chi connectivity index (χ4n) is 5.28. The number of hydrogen-bond acceptors (Lipinski definition) is 4. The molecule has 0 aromatic heterocycles. The molecule has 0 aliphatic heterocycles. The lowest BCUT2D eigenvalue weighted by atomic mass is 9.69. The average molecular weight is 417 g/mol. The second-order valence-electron chi connectivity index (χ2n) is 11.0. The Morgan fingerprint density at radius 3 is 0.933 bits per heavy atom. The van der Waals surface area contributed by atoms with Crippen molar-refractivity contribution in [2.75, 3.05) is 0 Å². The maximum atomic E-state index is 10.2. The smallest absolute Gasteiger partial charge is 0.0891 e. The van der Waals surface area contributed by atoms with Crippen molar-refractivity contribution in [1.82, 2.24) is 0 Å². The van der Waals surface area contributed by atoms with Crippen LogP contribution in [-0.4, -0.2) is 12.1 Å². The van der Waals surface area contributed by atoms with Gasteiger partial charge in [-0.15, -0.1) is 0 Å². The predicted molar refractivity (Wildman–Crippen MR) is 127 cm³/mol. The SMILES string of the molecule is CCC(N=NC(CC)C(C#N)(CC(C)C)CC(C)C)C(C#N)(CC(C)C)CC(C)C. The summed E-state index contributed by atoms with van der Waals surface area (Å²) in [5.74, 6) is 1.70. The summed E-state index contributed by atoms with van der Waals surface area (Å²) in [6, 6.07) is 5.08. The summed E-state index contributed by atoms with van der Waals surface area (Å²) in [5.41, 5.74) is -0.992. The number of azo groups is 1. The maximum absolute atomic E-state index is 10.2. The first-order valence-corrected chi connectivity index (χ1v) is 12.1. The van der Waals surface area contributed by atoms with E-state index >= 15 is 0 Å². The number of nitriles is 2. The van der Waals surface area contributed by atoms with Crippen LogP contribution in [-0.2, 0) is 0 Å². The Bertz CT molecular complexity index is 517. The highest BCUT2D eigenvalue weighted by Gasteiger charge is 2.42. The lowest BCUT2D eigenvalue weighted by Gasteiger charge is -2.37. The summed E-state index contributed by atoms with van der Waals surface area (Å²) in [6.45, 7) is 21.6. The van der Waals surface area contributed by atoms with E-state index in [1.54, 1.807) is 0 Å². The number of rotatable bonds is 14. The van der Waals surface area contributed by atoms with Crippen LogP contribution in [0.5, 0.6) is 0 Å². The topological polar surface area (TPSA) is 72.3 Å². The van der Waals surface area contributed by atoms with Crippen molar-refractivity contribution < 1.29 is 0 Å². The molecule has 0 N–H and O–H groups in total. The van der Waals surface area contributed by atoms with Gasteiger partial charge in [-0.1, -0.05) is 69.2 Å². The molecule has 0 spiro atoms. The molecule has 30 heavy (non-hydrogen) atoms. The van der Waals surface area contributed by atoms with Gasteiger partial charge >= 0.3 is 0 Å². The van der Waals surface area contributed by atoms with Gasteiger partial charge in [-0.25, -0.2) is 0 Å². The first-order valence-electron chi connectivity index (χ1n) is 12.1. The van der Waals surface area contributed by atoms with Gasteiger partial charge in [0.25, 0.3) is 0 Å². The van der Waals surface area contributed by atoms with Crippen LogP contribution in [0.1, 0.15) is 108 Å². The van der Waals surface area contributed by atoms with Gasteiger partial charge < -0.3 is 0 Å². The third kappa shape index (κ3) is 8.37. The molecule has 0 bridgehead atoms. The molecule has 0 amide bonds. The molecule has 2 atom stereocenters. The lowest BCUT2D eigenvalue weighted by Crippen LogP contribution is -2.37. The van der Waals surface area contributed by atoms with Crippen molar-refractivity contribution >= 4 is 0 Å². The Morgan fingerprint density at radius 2 is 0.800 bits per heavy atom. The Balaban J connectivity index is 6.16. The van der Waals surface area contributed by atoms with E-state index in [0.29, 0.717) is 23.7 Å². The average Bonchev–Trinajstić information content (AvgIpc) is 2.62. The normalized spacial score (nSPS) is 15.2. The van der Waals surface area contributed by atoms with E-state index in [-0.39, 0.29) is 12.1 Å². The predicted octanol–water partition coefficient (Wildman–Crippen LogP) is 8.20. The highest BCUT2D eigenvalue weighted by molar-refractivity contribution is 5.09. The van der Waals surface area contributed by atoms with E-state index in [0.717, 1.165) is 38.5 Å². The summed E-state index contributed by atoms with van der Waals surface area (Å²) >= 11 is 0. The minimum absolute atomic E-state index is 0.129. The molecule has 0 aromatic carbocycles. The highest BCUT2D eigenvalue weighted by atomic mass is 15.2. The van der Waals surface area contributed by atoms with Crippen molar-refractivity contribution in [3.05, 3.63) is 0 Å². The van der Waals surface area contributed by atoms with Crippen molar-refractivity contribution in [1.29, 1.82) is 10.5 Å². The highest BCUT2D eigenvalue weighted by Crippen LogP contribution is 2.42. The number of nitrogens with zero attached hydrogens (tertiary/aromatic N) is 4. The molecule has 4 nitrogen and oxygen atoms in total. The van der Waals surface area contributed by atoms with Crippen LogP contribution in [0.25, 0.3) is 0 Å². The zero-order valence-electron chi connectivity index (χ0n) is 21.5. The van der Waals surface area contributed by atoms with Gasteiger partial charge in [0.15, 0.2) is 0 Å². The molecule has 0 rings (SSSR count). The van der Waals surface area contributed by atoms with Gasteiger partial charge in [0.2, 0.25) is 0 Å². The summed E-state index contributed by atoms with van der Waals surface area (Å²) in [6.07, 6.45) is 4.91. The minimum atomic E-state index is -0.496. The number of hydrogen-bond donors (Lipinski definition) is 0. The fraction of sp³-hybridized carbons (Fsp3) is 0.923. The van der Waals surface area contributed by atoms with E-state index in [4.69, 9.17) is 10.2 Å². The van der Waals surface area contributed by atoms with Crippen LogP contribution in [0.3, 0.4) is 0 Å². The Morgan fingerprint density at radius 1 is 0.567 bits per heavy atom. The van der Waals surface area contributed by atoms with Crippen LogP contribution in [0.4, 0.5) is 0 Å². The Kier molecular flexibility index (Phi) is 12.5. The van der Waals surface area contributed by atoms with Crippen LogP contribution in [0.2, 0.25) is 0 Å². The van der Waals surface area contributed by atoms with Crippen LogP contribution in [0, 0.1) is 57.2 Å². The first kappa shape index (κ1) is 28.6. The molecule has 0 radical (unpaired) electrons. The van der Waals surface area contributed by atoms with Crippen molar-refractivity contribution in [2.24, 2.45) is 44.7 Å². The fourth-order valence-corrected chi connectivity index (χ4v) is 5.28. The quantitative estimate of drug-likeness (QED) is 0.268. The molecule has 0 aliphatic rings. The van der Waals surface area contributed by atoms with Gasteiger partial charge in [0, 0.05) is 0 Å². The van der Waals surface area contributed by atoms with E-state index in [2.05, 4.69) is 81.4 Å². The monoisotopic (exact) mass is 416 g/mol. The third-order valence-electron chi connectivity index (χ3n) is 5.93. The molecule has 4 heteroatoms. The summed E-state index contributed by atoms with van der Waals surface area (Å²) in [5, 5.41) is 30.2. The van der Waals surface area contributed by atoms with Gasteiger partial charge in [-0.05, 0) is 62.2 Å². The molecular formula is C26H48N4. The molecule has 0 saturated carbocycles. The van der Waals surface area contributed by atoms with Gasteiger partial charge in [0.05, 0.1) is 35.1 Å². The van der Waals surface area contributed by atoms with Crippen LogP contribution >= 0.6 is 0 Å². The molecule has 0 saturated heterocycles. The van der Waals surface area contributed by atoms with Crippen LogP contribution < -0.4 is 0 Å². The Labute approximate surface area is 187 Å². The van der Waals surface area contributed by atoms with Crippen LogP contribution in [0.15, 0.2) is 10.2 Å². The third-order valence-corrected chi connectivity index (χ3v) is 5.93. The largest absolute Gasteiger partial charge is 0.198 e. The van der Waals surface area contributed by atoms with Crippen molar-refractivity contribution in [3.63, 3.8) is 0 Å². The molecular weight excluding hydrogens is 368 g/mol. The lowest BCUT2D eigenvalue weighted by molar-refractivity contribution is 0.179. The van der Waals surface area contributed by atoms with E-state index in [9.17, 15) is 10.5 Å². The summed E-state index contributed by atoms with van der Waals surface area (Å²) in [7, 11) is 0. The molecule has 2 unspecified atom stereocenters. The van der Waals surface area contributed by atoms with Crippen molar-refractivity contribution in [3.8, 4) is 12.1 Å². The van der Waals surface area contributed by atoms with Gasteiger partial charge in [-0.3, -0.25) is 0 Å². The summed E-state index contributed by atoms with van der Waals surface area (Å²) < 4.78 is 0.